The van der Waals surface area contributed by atoms with Crippen LogP contribution in [0.15, 0.2) is 91.0 Å². The van der Waals surface area contributed by atoms with E-state index in [9.17, 15) is 9.59 Å². The number of thioether (sulfide) groups is 1. The predicted octanol–water partition coefficient (Wildman–Crippen LogP) is 6.86. The quantitative estimate of drug-likeness (QED) is 0.368. The van der Waals surface area contributed by atoms with Crippen LogP contribution in [0.4, 0.5) is 0 Å². The summed E-state index contributed by atoms with van der Waals surface area (Å²) in [6, 6.07) is 29.5. The number of ketones is 2. The van der Waals surface area contributed by atoms with E-state index in [1.165, 1.54) is 5.56 Å². The Morgan fingerprint density at radius 3 is 1.97 bits per heavy atom. The van der Waals surface area contributed by atoms with Gasteiger partial charge in [0.2, 0.25) is 0 Å². The summed E-state index contributed by atoms with van der Waals surface area (Å²) in [6.45, 7) is 0. The molecule has 0 amide bonds. The van der Waals surface area contributed by atoms with Gasteiger partial charge in [0.1, 0.15) is 0 Å². The molecule has 1 aliphatic carbocycles. The Labute approximate surface area is 189 Å². The summed E-state index contributed by atoms with van der Waals surface area (Å²) in [4.78, 5) is 26.6. The predicted molar refractivity (Wildman–Crippen MR) is 129 cm³/mol. The maximum atomic E-state index is 13.6. The van der Waals surface area contributed by atoms with Crippen molar-refractivity contribution in [3.8, 4) is 0 Å². The number of benzene rings is 3. The Morgan fingerprint density at radius 1 is 0.742 bits per heavy atom. The van der Waals surface area contributed by atoms with Gasteiger partial charge in [0.15, 0.2) is 11.6 Å². The van der Waals surface area contributed by atoms with E-state index in [0.29, 0.717) is 6.42 Å². The summed E-state index contributed by atoms with van der Waals surface area (Å²) in [5.74, 6) is 1.19. The van der Waals surface area contributed by atoms with Crippen LogP contribution < -0.4 is 0 Å². The highest BCUT2D eigenvalue weighted by Gasteiger charge is 2.39. The molecule has 3 heteroatoms. The van der Waals surface area contributed by atoms with Gasteiger partial charge in [0.05, 0.1) is 0 Å². The van der Waals surface area contributed by atoms with E-state index < -0.39 is 0 Å². The van der Waals surface area contributed by atoms with E-state index in [4.69, 9.17) is 0 Å². The molecule has 0 saturated heterocycles. The average molecular weight is 429 g/mol. The molecule has 0 radical (unpaired) electrons. The fourth-order valence-electron chi connectivity index (χ4n) is 4.60. The monoisotopic (exact) mass is 428 g/mol. The molecular weight excluding hydrogens is 400 g/mol. The molecule has 1 saturated carbocycles. The normalized spacial score (nSPS) is 20.8. The SMILES string of the molecule is O=C(CC1CCCC(SCc2ccccc2)C1C(=O)c1ccccc1)c1ccccc1. The van der Waals surface area contributed by atoms with Gasteiger partial charge in [-0.25, -0.2) is 0 Å². The molecule has 3 aromatic carbocycles. The van der Waals surface area contributed by atoms with Gasteiger partial charge in [0.25, 0.3) is 0 Å². The molecule has 1 aliphatic rings. The third-order valence-corrected chi connectivity index (χ3v) is 7.64. The average Bonchev–Trinajstić information content (AvgIpc) is 2.84. The first-order valence-corrected chi connectivity index (χ1v) is 12.1. The van der Waals surface area contributed by atoms with Crippen molar-refractivity contribution in [2.75, 3.05) is 0 Å². The van der Waals surface area contributed by atoms with E-state index in [1.807, 2.05) is 78.5 Å². The third-order valence-electron chi connectivity index (χ3n) is 6.18. The topological polar surface area (TPSA) is 34.1 Å². The maximum Gasteiger partial charge on any atom is 0.167 e. The summed E-state index contributed by atoms with van der Waals surface area (Å²) in [6.07, 6.45) is 3.47. The van der Waals surface area contributed by atoms with Crippen LogP contribution >= 0.6 is 11.8 Å². The highest BCUT2D eigenvalue weighted by Crippen LogP contribution is 2.42. The number of hydrogen-bond donors (Lipinski definition) is 0. The molecule has 1 fully saturated rings. The van der Waals surface area contributed by atoms with Crippen molar-refractivity contribution < 1.29 is 9.59 Å². The molecule has 31 heavy (non-hydrogen) atoms. The Morgan fingerprint density at radius 2 is 1.32 bits per heavy atom. The van der Waals surface area contributed by atoms with Crippen molar-refractivity contribution in [2.24, 2.45) is 11.8 Å². The molecule has 2 nitrogen and oxygen atoms in total. The van der Waals surface area contributed by atoms with Crippen molar-refractivity contribution in [3.63, 3.8) is 0 Å². The van der Waals surface area contributed by atoms with Crippen LogP contribution in [0.2, 0.25) is 0 Å². The number of hydrogen-bond acceptors (Lipinski definition) is 3. The summed E-state index contributed by atoms with van der Waals surface area (Å²) in [7, 11) is 0. The highest BCUT2D eigenvalue weighted by atomic mass is 32.2. The molecule has 3 atom stereocenters. The van der Waals surface area contributed by atoms with Crippen molar-refractivity contribution in [2.45, 2.75) is 36.7 Å². The second-order valence-electron chi connectivity index (χ2n) is 8.28. The molecule has 0 spiro atoms. The lowest BCUT2D eigenvalue weighted by molar-refractivity contribution is 0.0793. The van der Waals surface area contributed by atoms with Gasteiger partial charge in [-0.05, 0) is 24.3 Å². The Kier molecular flexibility index (Phi) is 7.37. The lowest BCUT2D eigenvalue weighted by Gasteiger charge is -2.37. The van der Waals surface area contributed by atoms with Crippen LogP contribution in [-0.2, 0) is 5.75 Å². The van der Waals surface area contributed by atoms with Gasteiger partial charge in [0, 0.05) is 34.5 Å². The number of carbonyl (C=O) groups is 2. The summed E-state index contributed by atoms with van der Waals surface area (Å²) >= 11 is 1.88. The molecule has 0 N–H and O–H groups in total. The molecule has 3 unspecified atom stereocenters. The molecule has 158 valence electrons. The van der Waals surface area contributed by atoms with Crippen LogP contribution in [-0.4, -0.2) is 16.8 Å². The number of Topliss-reactive ketones (excluding diaryl/α,β-unsaturated/α-hetero) is 2. The maximum absolute atomic E-state index is 13.6. The second kappa shape index (κ2) is 10.6. The minimum atomic E-state index is -0.127. The van der Waals surface area contributed by atoms with Gasteiger partial charge < -0.3 is 0 Å². The van der Waals surface area contributed by atoms with Crippen LogP contribution in [0.5, 0.6) is 0 Å². The van der Waals surface area contributed by atoms with Gasteiger partial charge in [-0.2, -0.15) is 11.8 Å². The number of rotatable bonds is 8. The first kappa shape index (κ1) is 21.6. The summed E-state index contributed by atoms with van der Waals surface area (Å²) in [5, 5.41) is 0.232. The highest BCUT2D eigenvalue weighted by molar-refractivity contribution is 7.99. The smallest absolute Gasteiger partial charge is 0.167 e. The summed E-state index contributed by atoms with van der Waals surface area (Å²) in [5.41, 5.74) is 2.78. The Balaban J connectivity index is 1.56. The molecular formula is C28H28O2S. The fourth-order valence-corrected chi connectivity index (χ4v) is 6.08. The molecule has 0 aromatic heterocycles. The fraction of sp³-hybridized carbons (Fsp3) is 0.286. The molecule has 0 heterocycles. The molecule has 0 aliphatic heterocycles. The Hall–Kier alpha value is -2.65. The van der Waals surface area contributed by atoms with E-state index in [-0.39, 0.29) is 28.7 Å². The molecule has 3 aromatic rings. The van der Waals surface area contributed by atoms with Crippen LogP contribution in [0.1, 0.15) is 52.0 Å². The number of carbonyl (C=O) groups excluding carboxylic acids is 2. The lowest BCUT2D eigenvalue weighted by Crippen LogP contribution is -2.38. The minimum Gasteiger partial charge on any atom is -0.294 e. The largest absolute Gasteiger partial charge is 0.294 e. The van der Waals surface area contributed by atoms with Crippen LogP contribution in [0, 0.1) is 11.8 Å². The zero-order valence-electron chi connectivity index (χ0n) is 17.7. The third kappa shape index (κ3) is 5.54. The molecule has 0 bridgehead atoms. The van der Waals surface area contributed by atoms with Gasteiger partial charge in [-0.3, -0.25) is 9.59 Å². The van der Waals surface area contributed by atoms with Crippen LogP contribution in [0.3, 0.4) is 0 Å². The molecule has 4 rings (SSSR count). The standard InChI is InChI=1S/C28H28O2S/c29-25(22-13-6-2-7-14-22)19-24-17-10-18-26(31-20-21-11-4-1-5-12-21)27(24)28(30)23-15-8-3-9-16-23/h1-9,11-16,24,26-27H,10,17-20H2. The summed E-state index contributed by atoms with van der Waals surface area (Å²) < 4.78 is 0. The van der Waals surface area contributed by atoms with Crippen molar-refractivity contribution in [1.82, 2.24) is 0 Å². The van der Waals surface area contributed by atoms with Crippen molar-refractivity contribution >= 4 is 23.3 Å². The van der Waals surface area contributed by atoms with E-state index in [2.05, 4.69) is 24.3 Å². The lowest BCUT2D eigenvalue weighted by atomic mass is 9.72. The van der Waals surface area contributed by atoms with Crippen molar-refractivity contribution in [3.05, 3.63) is 108 Å². The van der Waals surface area contributed by atoms with E-state index >= 15 is 0 Å². The van der Waals surface area contributed by atoms with E-state index in [1.54, 1.807) is 0 Å². The van der Waals surface area contributed by atoms with Gasteiger partial charge in [-0.15, -0.1) is 0 Å². The minimum absolute atomic E-state index is 0.0856. The van der Waals surface area contributed by atoms with Crippen molar-refractivity contribution in [1.29, 1.82) is 0 Å². The zero-order chi connectivity index (χ0) is 21.5. The zero-order valence-corrected chi connectivity index (χ0v) is 18.5. The first-order valence-electron chi connectivity index (χ1n) is 11.1. The first-order chi connectivity index (χ1) is 15.2. The van der Waals surface area contributed by atoms with E-state index in [0.717, 1.165) is 36.1 Å². The second-order valence-corrected chi connectivity index (χ2v) is 9.50. The van der Waals surface area contributed by atoms with Gasteiger partial charge in [-0.1, -0.05) is 97.4 Å². The van der Waals surface area contributed by atoms with Crippen LogP contribution in [0.25, 0.3) is 0 Å². The Bertz CT molecular complexity index is 985. The van der Waals surface area contributed by atoms with Gasteiger partial charge >= 0.3 is 0 Å².